The van der Waals surface area contributed by atoms with Crippen molar-refractivity contribution in [3.63, 3.8) is 0 Å². The number of methoxy groups -OCH3 is 1. The Hall–Kier alpha value is -3.81. The quantitative estimate of drug-likeness (QED) is 0.346. The lowest BCUT2D eigenvalue weighted by molar-refractivity contribution is -0.120. The van der Waals surface area contributed by atoms with Gasteiger partial charge in [-0.25, -0.2) is 9.97 Å². The second kappa shape index (κ2) is 12.1. The van der Waals surface area contributed by atoms with Crippen LogP contribution in [-0.4, -0.2) is 42.7 Å². The number of ether oxygens (including phenoxy) is 2. The molecular weight excluding hydrogens is 442 g/mol. The van der Waals surface area contributed by atoms with Gasteiger partial charge in [0, 0.05) is 24.8 Å². The minimum absolute atomic E-state index is 0.0652. The predicted octanol–water partition coefficient (Wildman–Crippen LogP) is 4.63. The summed E-state index contributed by atoms with van der Waals surface area (Å²) in [6.07, 6.45) is 0.263. The van der Waals surface area contributed by atoms with Gasteiger partial charge in [-0.15, -0.1) is 0 Å². The summed E-state index contributed by atoms with van der Waals surface area (Å²) in [4.78, 5) is 21.4. The van der Waals surface area contributed by atoms with Crippen LogP contribution in [0.4, 0.5) is 17.3 Å². The Kier molecular flexibility index (Phi) is 8.89. The van der Waals surface area contributed by atoms with E-state index < -0.39 is 0 Å². The molecule has 0 aliphatic carbocycles. The molecule has 0 aliphatic heterocycles. The molecule has 0 saturated carbocycles. The lowest BCUT2D eigenvalue weighted by Crippen LogP contribution is -2.30. The minimum Gasteiger partial charge on any atom is -0.493 e. The van der Waals surface area contributed by atoms with Gasteiger partial charge in [0.25, 0.3) is 0 Å². The molecule has 8 heteroatoms. The zero-order valence-corrected chi connectivity index (χ0v) is 21.4. The van der Waals surface area contributed by atoms with Crippen LogP contribution in [0.5, 0.6) is 11.5 Å². The zero-order valence-electron chi connectivity index (χ0n) is 21.4. The number of aryl methyl sites for hydroxylation is 4. The maximum absolute atomic E-state index is 12.4. The Bertz CT molecular complexity index is 1160. The second-order valence-electron chi connectivity index (χ2n) is 8.46. The number of aromatic nitrogens is 2. The normalized spacial score (nSPS) is 10.6. The number of carbonyl (C=O) groups excluding carboxylic acids is 1. The van der Waals surface area contributed by atoms with E-state index >= 15 is 0 Å². The molecule has 1 amide bonds. The first-order valence-electron chi connectivity index (χ1n) is 11.8. The number of rotatable bonds is 11. The Balaban J connectivity index is 1.53. The first-order chi connectivity index (χ1) is 16.8. The number of hydrogen-bond donors (Lipinski definition) is 3. The summed E-state index contributed by atoms with van der Waals surface area (Å²) in [7, 11) is 1.59. The standard InChI is InChI=1S/C27H35N5O3/c1-7-35-22-9-8-21(14-23(22)34-6)15-26(33)29-11-10-28-24-16-25(31-20(5)30-24)32-27-18(3)12-17(2)13-19(27)4/h8-9,12-14,16H,7,10-11,15H2,1-6H3,(H,29,33)(H2,28,30,31,32). The van der Waals surface area contributed by atoms with Gasteiger partial charge in [0.15, 0.2) is 11.5 Å². The molecule has 0 radical (unpaired) electrons. The molecular formula is C27H35N5O3. The van der Waals surface area contributed by atoms with Crippen molar-refractivity contribution in [1.29, 1.82) is 0 Å². The molecule has 0 saturated heterocycles. The van der Waals surface area contributed by atoms with E-state index in [-0.39, 0.29) is 12.3 Å². The monoisotopic (exact) mass is 477 g/mol. The van der Waals surface area contributed by atoms with Gasteiger partial charge in [-0.05, 0) is 63.4 Å². The molecule has 2 aromatic carbocycles. The first-order valence-corrected chi connectivity index (χ1v) is 11.8. The third-order valence-electron chi connectivity index (χ3n) is 5.41. The third-order valence-corrected chi connectivity index (χ3v) is 5.41. The van der Waals surface area contributed by atoms with E-state index in [9.17, 15) is 4.79 Å². The maximum Gasteiger partial charge on any atom is 0.224 e. The van der Waals surface area contributed by atoms with E-state index in [2.05, 4.69) is 58.8 Å². The number of nitrogens with zero attached hydrogens (tertiary/aromatic N) is 2. The lowest BCUT2D eigenvalue weighted by atomic mass is 10.1. The van der Waals surface area contributed by atoms with Gasteiger partial charge in [0.05, 0.1) is 20.1 Å². The van der Waals surface area contributed by atoms with Crippen LogP contribution in [0, 0.1) is 27.7 Å². The van der Waals surface area contributed by atoms with Crippen molar-refractivity contribution in [2.45, 2.75) is 41.0 Å². The summed E-state index contributed by atoms with van der Waals surface area (Å²) < 4.78 is 10.9. The van der Waals surface area contributed by atoms with Crippen molar-refractivity contribution in [3.05, 3.63) is 64.5 Å². The van der Waals surface area contributed by atoms with Gasteiger partial charge in [-0.3, -0.25) is 4.79 Å². The fourth-order valence-electron chi connectivity index (χ4n) is 3.96. The molecule has 1 aromatic heterocycles. The molecule has 3 N–H and O–H groups in total. The number of hydrogen-bond acceptors (Lipinski definition) is 7. The van der Waals surface area contributed by atoms with Crippen molar-refractivity contribution in [2.75, 3.05) is 37.4 Å². The van der Waals surface area contributed by atoms with Gasteiger partial charge in [0.1, 0.15) is 17.5 Å². The average Bonchev–Trinajstić information content (AvgIpc) is 2.80. The van der Waals surface area contributed by atoms with Crippen LogP contribution in [0.25, 0.3) is 0 Å². The zero-order chi connectivity index (χ0) is 25.4. The van der Waals surface area contributed by atoms with Crippen LogP contribution < -0.4 is 25.4 Å². The summed E-state index contributed by atoms with van der Waals surface area (Å²) in [5.74, 6) is 3.32. The van der Waals surface area contributed by atoms with E-state index in [1.807, 2.05) is 38.1 Å². The van der Waals surface area contributed by atoms with Crippen molar-refractivity contribution in [2.24, 2.45) is 0 Å². The molecule has 0 atom stereocenters. The van der Waals surface area contributed by atoms with E-state index in [4.69, 9.17) is 9.47 Å². The molecule has 186 valence electrons. The Labute approximate surface area is 207 Å². The molecule has 3 aromatic rings. The molecule has 0 bridgehead atoms. The molecule has 0 spiro atoms. The summed E-state index contributed by atoms with van der Waals surface area (Å²) in [6.45, 7) is 11.6. The van der Waals surface area contributed by atoms with E-state index in [0.29, 0.717) is 42.8 Å². The van der Waals surface area contributed by atoms with Gasteiger partial charge < -0.3 is 25.4 Å². The molecule has 0 aliphatic rings. The fourth-order valence-corrected chi connectivity index (χ4v) is 3.96. The van der Waals surface area contributed by atoms with E-state index in [0.717, 1.165) is 17.1 Å². The number of benzene rings is 2. The Morgan fingerprint density at radius 3 is 2.31 bits per heavy atom. The largest absolute Gasteiger partial charge is 0.493 e. The van der Waals surface area contributed by atoms with Gasteiger partial charge in [-0.2, -0.15) is 0 Å². The SMILES string of the molecule is CCOc1ccc(CC(=O)NCCNc2cc(Nc3c(C)cc(C)cc3C)nc(C)n2)cc1OC. The fraction of sp³-hybridized carbons (Fsp3) is 0.370. The summed E-state index contributed by atoms with van der Waals surface area (Å²) >= 11 is 0. The molecule has 0 unspecified atom stereocenters. The summed E-state index contributed by atoms with van der Waals surface area (Å²) in [6, 6.07) is 11.7. The number of anilines is 3. The first kappa shape index (κ1) is 25.8. The average molecular weight is 478 g/mol. The molecule has 3 rings (SSSR count). The summed E-state index contributed by atoms with van der Waals surface area (Å²) in [5.41, 5.74) is 5.48. The predicted molar refractivity (Wildman–Crippen MR) is 140 cm³/mol. The van der Waals surface area contributed by atoms with E-state index in [1.165, 1.54) is 16.7 Å². The van der Waals surface area contributed by atoms with Crippen LogP contribution in [0.1, 0.15) is 35.0 Å². The van der Waals surface area contributed by atoms with Crippen molar-refractivity contribution in [1.82, 2.24) is 15.3 Å². The number of nitrogens with one attached hydrogen (secondary N) is 3. The minimum atomic E-state index is -0.0652. The van der Waals surface area contributed by atoms with Crippen molar-refractivity contribution in [3.8, 4) is 11.5 Å². The van der Waals surface area contributed by atoms with Crippen LogP contribution in [0.3, 0.4) is 0 Å². The topological polar surface area (TPSA) is 97.4 Å². The lowest BCUT2D eigenvalue weighted by Gasteiger charge is -2.15. The van der Waals surface area contributed by atoms with Crippen LogP contribution >= 0.6 is 0 Å². The Morgan fingerprint density at radius 2 is 1.63 bits per heavy atom. The smallest absolute Gasteiger partial charge is 0.224 e. The van der Waals surface area contributed by atoms with Crippen LogP contribution in [0.2, 0.25) is 0 Å². The summed E-state index contributed by atoms with van der Waals surface area (Å²) in [5, 5.41) is 9.63. The highest BCUT2D eigenvalue weighted by Gasteiger charge is 2.10. The van der Waals surface area contributed by atoms with Crippen LogP contribution in [0.15, 0.2) is 36.4 Å². The second-order valence-corrected chi connectivity index (χ2v) is 8.46. The highest BCUT2D eigenvalue weighted by Crippen LogP contribution is 2.28. The highest BCUT2D eigenvalue weighted by atomic mass is 16.5. The number of carbonyl (C=O) groups is 1. The van der Waals surface area contributed by atoms with Gasteiger partial charge >= 0.3 is 0 Å². The van der Waals surface area contributed by atoms with Gasteiger partial charge in [-0.1, -0.05) is 23.8 Å². The van der Waals surface area contributed by atoms with Crippen molar-refractivity contribution >= 4 is 23.2 Å². The number of amides is 1. The van der Waals surface area contributed by atoms with Crippen LogP contribution in [-0.2, 0) is 11.2 Å². The van der Waals surface area contributed by atoms with Crippen molar-refractivity contribution < 1.29 is 14.3 Å². The third kappa shape index (κ3) is 7.34. The molecule has 35 heavy (non-hydrogen) atoms. The molecule has 0 fully saturated rings. The van der Waals surface area contributed by atoms with E-state index in [1.54, 1.807) is 7.11 Å². The molecule has 8 nitrogen and oxygen atoms in total. The van der Waals surface area contributed by atoms with Gasteiger partial charge in [0.2, 0.25) is 5.91 Å². The molecule has 1 heterocycles. The Morgan fingerprint density at radius 1 is 0.914 bits per heavy atom. The highest BCUT2D eigenvalue weighted by molar-refractivity contribution is 5.78. The maximum atomic E-state index is 12.4.